The number of carbonyl (C=O) groups is 2. The van der Waals surface area contributed by atoms with E-state index in [2.05, 4.69) is 0 Å². The molecular weight excluding hydrogens is 230 g/mol. The van der Waals surface area contributed by atoms with Gasteiger partial charge in [0, 0.05) is 0 Å². The van der Waals surface area contributed by atoms with Crippen molar-refractivity contribution in [1.29, 1.82) is 0 Å². The molecule has 0 saturated carbocycles. The molecule has 0 spiro atoms. The highest BCUT2D eigenvalue weighted by molar-refractivity contribution is 5.75. The average Bonchev–Trinajstić information content (AvgIpc) is 2.12. The maximum atomic E-state index is 10.1. The number of hydrogen-bond donors (Lipinski definition) is 7. The summed E-state index contributed by atoms with van der Waals surface area (Å²) < 4.78 is 0. The molecule has 0 aromatic carbocycles. The van der Waals surface area contributed by atoms with Gasteiger partial charge in [-0.2, -0.15) is 0 Å². The molecule has 10 heteroatoms. The molecule has 0 bridgehead atoms. The molecule has 16 heavy (non-hydrogen) atoms. The zero-order valence-electron chi connectivity index (χ0n) is 8.02. The van der Waals surface area contributed by atoms with Crippen molar-refractivity contribution in [2.45, 2.75) is 24.4 Å². The first-order valence-electron chi connectivity index (χ1n) is 3.47. The van der Waals surface area contributed by atoms with Gasteiger partial charge in [-0.3, -0.25) is 0 Å². The van der Waals surface area contributed by atoms with Crippen LogP contribution in [0.2, 0.25) is 0 Å². The highest BCUT2D eigenvalue weighted by Crippen LogP contribution is 2.05. The number of carboxylic acid groups (broad SMARTS) is 2. The molecule has 0 radical (unpaired) electrons. The summed E-state index contributed by atoms with van der Waals surface area (Å²) in [5, 5.41) is 51.5. The van der Waals surface area contributed by atoms with Crippen LogP contribution in [0, 0.1) is 0 Å². The molecule has 0 saturated heterocycles. The van der Waals surface area contributed by atoms with Crippen LogP contribution in [0.15, 0.2) is 0 Å². The van der Waals surface area contributed by atoms with Crippen molar-refractivity contribution in [2.24, 2.45) is 0 Å². The summed E-state index contributed by atoms with van der Waals surface area (Å²) >= 11 is 0. The fraction of sp³-hybridized carbons (Fsp3) is 0.667. The number of aliphatic hydroxyl groups is 4. The van der Waals surface area contributed by atoms with E-state index < -0.39 is 36.4 Å². The summed E-state index contributed by atoms with van der Waals surface area (Å²) in [4.78, 5) is 20.2. The molecule has 0 rings (SSSR count). The Kier molecular flexibility index (Phi) is 9.98. The molecule has 0 aliphatic heterocycles. The molecular formula is C6H15NO9. The molecule has 98 valence electrons. The number of rotatable bonds is 5. The van der Waals surface area contributed by atoms with Crippen LogP contribution in [-0.4, -0.2) is 72.5 Å². The first-order valence-corrected chi connectivity index (χ1v) is 3.47. The van der Waals surface area contributed by atoms with Crippen LogP contribution < -0.4 is 6.15 Å². The Morgan fingerprint density at radius 3 is 1.06 bits per heavy atom. The average molecular weight is 245 g/mol. The molecule has 4 unspecified atom stereocenters. The van der Waals surface area contributed by atoms with E-state index in [9.17, 15) is 9.59 Å². The summed E-state index contributed by atoms with van der Waals surface area (Å²) in [6, 6.07) is 0. The summed E-state index contributed by atoms with van der Waals surface area (Å²) in [6.45, 7) is 0. The largest absolute Gasteiger partial charge is 0.479 e. The van der Waals surface area contributed by atoms with Crippen molar-refractivity contribution in [3.8, 4) is 0 Å². The molecule has 0 aliphatic rings. The lowest BCUT2D eigenvalue weighted by Gasteiger charge is -2.21. The van der Waals surface area contributed by atoms with Gasteiger partial charge in [0.05, 0.1) is 0 Å². The van der Waals surface area contributed by atoms with E-state index in [1.807, 2.05) is 0 Å². The highest BCUT2D eigenvalue weighted by atomic mass is 16.4. The topological polar surface area (TPSA) is 222 Å². The Hall–Kier alpha value is -1.30. The van der Waals surface area contributed by atoms with Crippen molar-refractivity contribution in [3.63, 3.8) is 0 Å². The van der Waals surface area contributed by atoms with Gasteiger partial charge in [-0.25, -0.2) is 9.59 Å². The molecule has 4 atom stereocenters. The van der Waals surface area contributed by atoms with Crippen LogP contribution in [0.5, 0.6) is 0 Å². The Morgan fingerprint density at radius 2 is 0.938 bits per heavy atom. The lowest BCUT2D eigenvalue weighted by atomic mass is 10.0. The summed E-state index contributed by atoms with van der Waals surface area (Å²) in [5.74, 6) is -3.68. The Morgan fingerprint density at radius 1 is 0.750 bits per heavy atom. The zero-order valence-corrected chi connectivity index (χ0v) is 8.02. The second kappa shape index (κ2) is 7.92. The smallest absolute Gasteiger partial charge is 0.335 e. The van der Waals surface area contributed by atoms with Gasteiger partial charge >= 0.3 is 11.9 Å². The second-order valence-corrected chi connectivity index (χ2v) is 2.55. The molecule has 0 amide bonds. The fourth-order valence-electron chi connectivity index (χ4n) is 0.666. The molecule has 0 fully saturated rings. The predicted molar refractivity (Wildman–Crippen MR) is 47.9 cm³/mol. The molecule has 0 heterocycles. The van der Waals surface area contributed by atoms with Crippen LogP contribution in [0.25, 0.3) is 0 Å². The third-order valence-electron chi connectivity index (χ3n) is 1.50. The molecule has 0 aromatic heterocycles. The van der Waals surface area contributed by atoms with Gasteiger partial charge in [0.15, 0.2) is 12.2 Å². The number of hydrogen-bond acceptors (Lipinski definition) is 7. The van der Waals surface area contributed by atoms with Gasteiger partial charge in [-0.15, -0.1) is 0 Å². The monoisotopic (exact) mass is 245 g/mol. The third kappa shape index (κ3) is 4.97. The summed E-state index contributed by atoms with van der Waals surface area (Å²) in [5.41, 5.74) is 0. The zero-order chi connectivity index (χ0) is 11.5. The highest BCUT2D eigenvalue weighted by Gasteiger charge is 2.37. The van der Waals surface area contributed by atoms with Crippen LogP contribution in [0.4, 0.5) is 0 Å². The quantitative estimate of drug-likeness (QED) is 0.249. The van der Waals surface area contributed by atoms with Crippen molar-refractivity contribution in [2.75, 3.05) is 0 Å². The minimum atomic E-state index is -2.36. The SMILES string of the molecule is N.O.O=C(O)C(O)C(O)C(O)C(O)C(=O)O. The second-order valence-electron chi connectivity index (χ2n) is 2.55. The van der Waals surface area contributed by atoms with E-state index in [0.717, 1.165) is 0 Å². The Balaban J connectivity index is -0.000000845. The number of aliphatic hydroxyl groups excluding tert-OH is 4. The fourth-order valence-corrected chi connectivity index (χ4v) is 0.666. The standard InChI is InChI=1S/C6H10O8.H3N.H2O/c7-1(3(9)5(11)12)2(8)4(10)6(13)14;;/h1-4,7-10H,(H,11,12)(H,13,14);1H3;1H2. The van der Waals surface area contributed by atoms with Crippen molar-refractivity contribution in [1.82, 2.24) is 6.15 Å². The number of aliphatic carboxylic acids is 2. The van der Waals surface area contributed by atoms with Crippen LogP contribution in [-0.2, 0) is 9.59 Å². The summed E-state index contributed by atoms with van der Waals surface area (Å²) in [6.07, 6.45) is -9.28. The van der Waals surface area contributed by atoms with Crippen molar-refractivity contribution < 1.29 is 45.7 Å². The normalized spacial score (nSPS) is 17.0. The summed E-state index contributed by atoms with van der Waals surface area (Å²) in [7, 11) is 0. The Bertz CT molecular complexity index is 208. The third-order valence-corrected chi connectivity index (χ3v) is 1.50. The van der Waals surface area contributed by atoms with Gasteiger partial charge in [-0.05, 0) is 0 Å². The van der Waals surface area contributed by atoms with Gasteiger partial charge in [0.1, 0.15) is 12.2 Å². The minimum absolute atomic E-state index is 0. The van der Waals surface area contributed by atoms with E-state index in [-0.39, 0.29) is 11.6 Å². The predicted octanol–water partition coefficient (Wildman–Crippen LogP) is -4.06. The van der Waals surface area contributed by atoms with Gasteiger partial charge in [0.2, 0.25) is 0 Å². The van der Waals surface area contributed by atoms with Crippen molar-refractivity contribution >= 4 is 11.9 Å². The van der Waals surface area contributed by atoms with Crippen molar-refractivity contribution in [3.05, 3.63) is 0 Å². The van der Waals surface area contributed by atoms with E-state index in [1.54, 1.807) is 0 Å². The molecule has 11 N–H and O–H groups in total. The van der Waals surface area contributed by atoms with Gasteiger partial charge in [0.25, 0.3) is 0 Å². The Labute approximate surface area is 89.3 Å². The van der Waals surface area contributed by atoms with E-state index >= 15 is 0 Å². The van der Waals surface area contributed by atoms with E-state index in [0.29, 0.717) is 0 Å². The van der Waals surface area contributed by atoms with Crippen LogP contribution in [0.1, 0.15) is 0 Å². The van der Waals surface area contributed by atoms with E-state index in [1.165, 1.54) is 0 Å². The maximum absolute atomic E-state index is 10.1. The maximum Gasteiger partial charge on any atom is 0.335 e. The minimum Gasteiger partial charge on any atom is -0.479 e. The van der Waals surface area contributed by atoms with Crippen LogP contribution >= 0.6 is 0 Å². The first-order chi connectivity index (χ1) is 6.29. The van der Waals surface area contributed by atoms with Gasteiger partial charge in [-0.1, -0.05) is 0 Å². The van der Waals surface area contributed by atoms with E-state index in [4.69, 9.17) is 30.6 Å². The molecule has 10 nitrogen and oxygen atoms in total. The lowest BCUT2D eigenvalue weighted by molar-refractivity contribution is -0.172. The number of carboxylic acids is 2. The van der Waals surface area contributed by atoms with Gasteiger partial charge < -0.3 is 42.3 Å². The molecule has 0 aliphatic carbocycles. The van der Waals surface area contributed by atoms with Crippen LogP contribution in [0.3, 0.4) is 0 Å². The lowest BCUT2D eigenvalue weighted by Crippen LogP contribution is -2.49. The first kappa shape index (κ1) is 20.2. The molecule has 0 aromatic rings.